The first-order valence-corrected chi connectivity index (χ1v) is 11.6. The normalized spacial score (nSPS) is 11.5. The molecule has 0 N–H and O–H groups in total. The van der Waals surface area contributed by atoms with Gasteiger partial charge >= 0.3 is 6.18 Å². The van der Waals surface area contributed by atoms with Crippen LogP contribution in [0.3, 0.4) is 0 Å². The van der Waals surface area contributed by atoms with Gasteiger partial charge in [0.15, 0.2) is 5.78 Å². The average Bonchev–Trinajstić information content (AvgIpc) is 2.91. The number of ketones is 1. The molecular formula is C29H18ClF3N2O2. The van der Waals surface area contributed by atoms with Gasteiger partial charge in [-0.15, -0.1) is 0 Å². The summed E-state index contributed by atoms with van der Waals surface area (Å²) < 4.78 is 47.3. The first-order chi connectivity index (χ1) is 17.8. The van der Waals surface area contributed by atoms with Gasteiger partial charge in [0.25, 0.3) is 0 Å². The molecule has 0 bridgehead atoms. The van der Waals surface area contributed by atoms with E-state index in [1.165, 1.54) is 12.3 Å². The van der Waals surface area contributed by atoms with Gasteiger partial charge in [0, 0.05) is 40.0 Å². The summed E-state index contributed by atoms with van der Waals surface area (Å²) in [6.45, 7) is 0.207. The second kappa shape index (κ2) is 10.0. The quantitative estimate of drug-likeness (QED) is 0.170. The predicted octanol–water partition coefficient (Wildman–Crippen LogP) is 7.78. The minimum absolute atomic E-state index is 0.192. The van der Waals surface area contributed by atoms with E-state index in [0.29, 0.717) is 27.6 Å². The monoisotopic (exact) mass is 518 g/mol. The summed E-state index contributed by atoms with van der Waals surface area (Å²) in [7, 11) is 0. The number of alkyl halides is 3. The molecule has 5 aromatic rings. The number of benzene rings is 3. The van der Waals surface area contributed by atoms with Crippen LogP contribution < -0.4 is 4.74 Å². The van der Waals surface area contributed by atoms with Crippen molar-refractivity contribution in [2.75, 3.05) is 0 Å². The number of nitrogens with zero attached hydrogens (tertiary/aromatic N) is 2. The number of aromatic nitrogens is 2. The predicted molar refractivity (Wildman–Crippen MR) is 136 cm³/mol. The van der Waals surface area contributed by atoms with Gasteiger partial charge in [0.1, 0.15) is 17.5 Å². The maximum absolute atomic E-state index is 13.8. The Morgan fingerprint density at radius 3 is 2.38 bits per heavy atom. The molecular weight excluding hydrogens is 501 g/mol. The van der Waals surface area contributed by atoms with Crippen molar-refractivity contribution in [1.29, 1.82) is 0 Å². The molecule has 0 unspecified atom stereocenters. The Kier molecular flexibility index (Phi) is 6.63. The Labute approximate surface area is 215 Å². The molecule has 8 heteroatoms. The van der Waals surface area contributed by atoms with Crippen LogP contribution in [0.5, 0.6) is 5.75 Å². The van der Waals surface area contributed by atoms with E-state index in [9.17, 15) is 18.0 Å². The summed E-state index contributed by atoms with van der Waals surface area (Å²) in [4.78, 5) is 21.6. The zero-order valence-electron chi connectivity index (χ0n) is 19.2. The molecule has 0 amide bonds. The highest BCUT2D eigenvalue weighted by Crippen LogP contribution is 2.39. The molecule has 3 aromatic carbocycles. The standard InChI is InChI=1S/C29H18ClF3N2O2/c30-25-13-12-18(15-34-25)17-37-21-9-4-8-20(14-21)26-22-10-5-11-24(29(31,32)33)27(22)35-16-23(26)28(36)19-6-2-1-3-7-19/h1-16H,17H2. The molecule has 5 rings (SSSR count). The first-order valence-electron chi connectivity index (χ1n) is 11.2. The molecule has 0 aliphatic carbocycles. The highest BCUT2D eigenvalue weighted by atomic mass is 35.5. The lowest BCUT2D eigenvalue weighted by Crippen LogP contribution is -2.09. The molecule has 0 fully saturated rings. The van der Waals surface area contributed by atoms with Crippen LogP contribution in [0, 0.1) is 0 Å². The average molecular weight is 519 g/mol. The van der Waals surface area contributed by atoms with Crippen molar-refractivity contribution in [3.63, 3.8) is 0 Å². The van der Waals surface area contributed by atoms with Crippen LogP contribution in [0.4, 0.5) is 13.2 Å². The molecule has 0 saturated carbocycles. The number of pyridine rings is 2. The summed E-state index contributed by atoms with van der Waals surface area (Å²) in [5, 5.41) is 0.583. The largest absolute Gasteiger partial charge is 0.489 e. The maximum atomic E-state index is 13.8. The Morgan fingerprint density at radius 2 is 1.65 bits per heavy atom. The van der Waals surface area contributed by atoms with E-state index in [-0.39, 0.29) is 28.9 Å². The zero-order chi connectivity index (χ0) is 26.0. The van der Waals surface area contributed by atoms with Crippen LogP contribution in [0.2, 0.25) is 5.15 Å². The van der Waals surface area contributed by atoms with Crippen molar-refractivity contribution < 1.29 is 22.7 Å². The van der Waals surface area contributed by atoms with Crippen LogP contribution >= 0.6 is 11.6 Å². The number of hydrogen-bond acceptors (Lipinski definition) is 4. The minimum Gasteiger partial charge on any atom is -0.489 e. The van der Waals surface area contributed by atoms with E-state index in [4.69, 9.17) is 16.3 Å². The van der Waals surface area contributed by atoms with E-state index in [1.54, 1.807) is 79.0 Å². The number of fused-ring (bicyclic) bond motifs is 1. The second-order valence-electron chi connectivity index (χ2n) is 8.25. The van der Waals surface area contributed by atoms with Crippen molar-refractivity contribution in [3.8, 4) is 16.9 Å². The van der Waals surface area contributed by atoms with Gasteiger partial charge in [0.05, 0.1) is 11.1 Å². The van der Waals surface area contributed by atoms with E-state index in [0.717, 1.165) is 11.6 Å². The SMILES string of the molecule is O=C(c1ccccc1)c1cnc2c(C(F)(F)F)cccc2c1-c1cccc(OCc2ccc(Cl)nc2)c1. The molecule has 2 heterocycles. The zero-order valence-corrected chi connectivity index (χ0v) is 19.9. The van der Waals surface area contributed by atoms with E-state index >= 15 is 0 Å². The van der Waals surface area contributed by atoms with Gasteiger partial charge in [-0.05, 0) is 29.8 Å². The molecule has 0 atom stereocenters. The molecule has 4 nitrogen and oxygen atoms in total. The number of carbonyl (C=O) groups is 1. The van der Waals surface area contributed by atoms with Crippen LogP contribution in [0.1, 0.15) is 27.0 Å². The van der Waals surface area contributed by atoms with Gasteiger partial charge in [-0.2, -0.15) is 13.2 Å². The van der Waals surface area contributed by atoms with E-state index in [1.807, 2.05) is 0 Å². The molecule has 0 aliphatic heterocycles. The van der Waals surface area contributed by atoms with Gasteiger partial charge < -0.3 is 4.74 Å². The molecule has 0 saturated heterocycles. The number of ether oxygens (including phenoxy) is 1. The summed E-state index contributed by atoms with van der Waals surface area (Å²) >= 11 is 5.83. The van der Waals surface area contributed by atoms with Crippen molar-refractivity contribution >= 4 is 28.3 Å². The summed E-state index contributed by atoms with van der Waals surface area (Å²) in [6.07, 6.45) is -1.79. The lowest BCUT2D eigenvalue weighted by Gasteiger charge is -2.16. The van der Waals surface area contributed by atoms with Crippen LogP contribution in [0.15, 0.2) is 97.3 Å². The Bertz CT molecular complexity index is 1590. The maximum Gasteiger partial charge on any atom is 0.418 e. The Morgan fingerprint density at radius 1 is 0.865 bits per heavy atom. The summed E-state index contributed by atoms with van der Waals surface area (Å²) in [5.74, 6) is 0.128. The van der Waals surface area contributed by atoms with Crippen LogP contribution in [0.25, 0.3) is 22.0 Å². The molecule has 0 spiro atoms. The number of para-hydroxylation sites is 1. The first kappa shape index (κ1) is 24.5. The van der Waals surface area contributed by atoms with Crippen molar-refractivity contribution in [1.82, 2.24) is 9.97 Å². The summed E-state index contributed by atoms with van der Waals surface area (Å²) in [6, 6.07) is 22.7. The third-order valence-electron chi connectivity index (χ3n) is 5.80. The number of carbonyl (C=O) groups excluding carboxylic acids is 1. The molecule has 184 valence electrons. The van der Waals surface area contributed by atoms with Crippen LogP contribution in [-0.2, 0) is 12.8 Å². The number of halogens is 4. The number of rotatable bonds is 6. The van der Waals surface area contributed by atoms with Gasteiger partial charge in [0.2, 0.25) is 0 Å². The molecule has 2 aromatic heterocycles. The lowest BCUT2D eigenvalue weighted by molar-refractivity contribution is -0.136. The molecule has 0 aliphatic rings. The topological polar surface area (TPSA) is 52.1 Å². The van der Waals surface area contributed by atoms with Gasteiger partial charge in [-0.25, -0.2) is 4.98 Å². The lowest BCUT2D eigenvalue weighted by atomic mass is 9.91. The highest BCUT2D eigenvalue weighted by Gasteiger charge is 2.34. The smallest absolute Gasteiger partial charge is 0.418 e. The third kappa shape index (κ3) is 5.17. The summed E-state index contributed by atoms with van der Waals surface area (Å²) in [5.41, 5.74) is 1.16. The minimum atomic E-state index is -4.60. The fourth-order valence-corrected chi connectivity index (χ4v) is 4.19. The van der Waals surface area contributed by atoms with E-state index in [2.05, 4.69) is 9.97 Å². The Hall–Kier alpha value is -4.23. The fourth-order valence-electron chi connectivity index (χ4n) is 4.08. The van der Waals surface area contributed by atoms with Gasteiger partial charge in [-0.3, -0.25) is 9.78 Å². The van der Waals surface area contributed by atoms with Crippen molar-refractivity contribution in [2.45, 2.75) is 12.8 Å². The number of hydrogen-bond donors (Lipinski definition) is 0. The fraction of sp³-hybridized carbons (Fsp3) is 0.0690. The Balaban J connectivity index is 1.64. The highest BCUT2D eigenvalue weighted by molar-refractivity contribution is 6.29. The van der Waals surface area contributed by atoms with Crippen LogP contribution in [-0.4, -0.2) is 15.8 Å². The molecule has 0 radical (unpaired) electrons. The van der Waals surface area contributed by atoms with Crippen molar-refractivity contribution in [3.05, 3.63) is 125 Å². The molecule has 37 heavy (non-hydrogen) atoms. The third-order valence-corrected chi connectivity index (χ3v) is 6.02. The van der Waals surface area contributed by atoms with Crippen molar-refractivity contribution in [2.24, 2.45) is 0 Å². The van der Waals surface area contributed by atoms with E-state index < -0.39 is 11.7 Å². The van der Waals surface area contributed by atoms with Gasteiger partial charge in [-0.1, -0.05) is 72.3 Å². The second-order valence-corrected chi connectivity index (χ2v) is 8.63.